The third-order valence-corrected chi connectivity index (χ3v) is 4.32. The van der Waals surface area contributed by atoms with Gasteiger partial charge in [-0.3, -0.25) is 4.98 Å². The third-order valence-electron chi connectivity index (χ3n) is 4.32. The van der Waals surface area contributed by atoms with E-state index >= 15 is 0 Å². The maximum absolute atomic E-state index is 4.11. The molecule has 0 fully saturated rings. The molecule has 0 bridgehead atoms. The molecule has 1 aromatic heterocycles. The van der Waals surface area contributed by atoms with Gasteiger partial charge in [0.25, 0.3) is 0 Å². The minimum Gasteiger partial charge on any atom is -0.314 e. The highest BCUT2D eigenvalue weighted by atomic mass is 14.9. The van der Waals surface area contributed by atoms with Gasteiger partial charge >= 0.3 is 0 Å². The van der Waals surface area contributed by atoms with Crippen molar-refractivity contribution in [1.82, 2.24) is 10.3 Å². The van der Waals surface area contributed by atoms with Crippen molar-refractivity contribution in [3.63, 3.8) is 0 Å². The lowest BCUT2D eigenvalue weighted by atomic mass is 9.91. The molecule has 0 saturated carbocycles. The van der Waals surface area contributed by atoms with E-state index < -0.39 is 0 Å². The van der Waals surface area contributed by atoms with Gasteiger partial charge in [-0.1, -0.05) is 31.2 Å². The zero-order chi connectivity index (χ0) is 13.8. The molecule has 20 heavy (non-hydrogen) atoms. The summed E-state index contributed by atoms with van der Waals surface area (Å²) >= 11 is 0. The quantitative estimate of drug-likeness (QED) is 0.900. The van der Waals surface area contributed by atoms with Crippen LogP contribution in [0, 0.1) is 5.92 Å². The van der Waals surface area contributed by atoms with Crippen LogP contribution in [0.4, 0.5) is 0 Å². The molecule has 1 unspecified atom stereocenters. The van der Waals surface area contributed by atoms with Crippen molar-refractivity contribution in [1.29, 1.82) is 0 Å². The summed E-state index contributed by atoms with van der Waals surface area (Å²) in [4.78, 5) is 4.11. The summed E-state index contributed by atoms with van der Waals surface area (Å²) in [6.45, 7) is 3.23. The minimum absolute atomic E-state index is 0.551. The fraction of sp³-hybridized carbons (Fsp3) is 0.389. The van der Waals surface area contributed by atoms with E-state index in [-0.39, 0.29) is 0 Å². The Morgan fingerprint density at radius 2 is 1.75 bits per heavy atom. The zero-order valence-electron chi connectivity index (χ0n) is 12.0. The van der Waals surface area contributed by atoms with Gasteiger partial charge in [-0.2, -0.15) is 0 Å². The minimum atomic E-state index is 0.551. The van der Waals surface area contributed by atoms with Crippen LogP contribution in [0.1, 0.15) is 23.6 Å². The molecule has 0 spiro atoms. The number of hydrogen-bond acceptors (Lipinski definition) is 2. The van der Waals surface area contributed by atoms with E-state index in [0.29, 0.717) is 12.0 Å². The van der Waals surface area contributed by atoms with Crippen LogP contribution in [0.5, 0.6) is 0 Å². The smallest absolute Gasteiger partial charge is 0.0270 e. The summed E-state index contributed by atoms with van der Waals surface area (Å²) in [6, 6.07) is 13.7. The van der Waals surface area contributed by atoms with E-state index in [9.17, 15) is 0 Å². The van der Waals surface area contributed by atoms with E-state index in [1.54, 1.807) is 0 Å². The van der Waals surface area contributed by atoms with Crippen molar-refractivity contribution in [3.8, 4) is 0 Å². The van der Waals surface area contributed by atoms with Gasteiger partial charge in [0, 0.05) is 18.4 Å². The van der Waals surface area contributed by atoms with Gasteiger partial charge in [-0.25, -0.2) is 0 Å². The Hall–Kier alpha value is -1.67. The molecule has 2 heteroatoms. The van der Waals surface area contributed by atoms with Crippen molar-refractivity contribution < 1.29 is 0 Å². The Labute approximate surface area is 121 Å². The van der Waals surface area contributed by atoms with Gasteiger partial charge in [-0.15, -0.1) is 0 Å². The highest BCUT2D eigenvalue weighted by molar-refractivity contribution is 5.33. The number of benzene rings is 1. The Kier molecular flexibility index (Phi) is 4.12. The predicted octanol–water partition coefficient (Wildman–Crippen LogP) is 3.02. The van der Waals surface area contributed by atoms with Crippen molar-refractivity contribution in [2.45, 2.75) is 32.2 Å². The van der Waals surface area contributed by atoms with Crippen molar-refractivity contribution in [2.75, 3.05) is 6.54 Å². The molecule has 0 saturated heterocycles. The predicted molar refractivity (Wildman–Crippen MR) is 82.7 cm³/mol. The Bertz CT molecular complexity index is 525. The van der Waals surface area contributed by atoms with Gasteiger partial charge in [0.15, 0.2) is 0 Å². The molecule has 2 nitrogen and oxygen atoms in total. The molecule has 2 aromatic rings. The van der Waals surface area contributed by atoms with Gasteiger partial charge < -0.3 is 5.32 Å². The van der Waals surface area contributed by atoms with E-state index in [2.05, 4.69) is 53.6 Å². The molecular formula is C18H22N2. The van der Waals surface area contributed by atoms with E-state index in [1.165, 1.54) is 29.5 Å². The van der Waals surface area contributed by atoms with Crippen LogP contribution in [0.2, 0.25) is 0 Å². The van der Waals surface area contributed by atoms with Crippen LogP contribution < -0.4 is 5.32 Å². The fourth-order valence-electron chi connectivity index (χ4n) is 3.32. The molecule has 3 rings (SSSR count). The Balaban J connectivity index is 1.72. The van der Waals surface area contributed by atoms with Crippen molar-refractivity contribution >= 4 is 0 Å². The van der Waals surface area contributed by atoms with Crippen LogP contribution in [-0.4, -0.2) is 17.6 Å². The molecule has 1 aliphatic rings. The van der Waals surface area contributed by atoms with Gasteiger partial charge in [0.05, 0.1) is 0 Å². The highest BCUT2D eigenvalue weighted by Crippen LogP contribution is 2.29. The first-order valence-corrected chi connectivity index (χ1v) is 7.56. The largest absolute Gasteiger partial charge is 0.314 e. The van der Waals surface area contributed by atoms with Crippen molar-refractivity contribution in [2.24, 2.45) is 5.92 Å². The Morgan fingerprint density at radius 3 is 2.35 bits per heavy atom. The molecular weight excluding hydrogens is 244 g/mol. The molecule has 1 aliphatic carbocycles. The lowest BCUT2D eigenvalue weighted by Gasteiger charge is -2.24. The first-order valence-electron chi connectivity index (χ1n) is 7.56. The number of nitrogens with one attached hydrogen (secondary N) is 1. The number of nitrogens with zero attached hydrogens (tertiary/aromatic N) is 1. The molecule has 1 atom stereocenters. The van der Waals surface area contributed by atoms with Crippen molar-refractivity contribution in [3.05, 3.63) is 65.5 Å². The summed E-state index contributed by atoms with van der Waals surface area (Å²) < 4.78 is 0. The topological polar surface area (TPSA) is 24.9 Å². The first kappa shape index (κ1) is 13.3. The lowest BCUT2D eigenvalue weighted by molar-refractivity contribution is 0.368. The number of aromatic nitrogens is 1. The lowest BCUT2D eigenvalue weighted by Crippen LogP contribution is -2.38. The van der Waals surface area contributed by atoms with Crippen LogP contribution in [-0.2, 0) is 19.3 Å². The summed E-state index contributed by atoms with van der Waals surface area (Å²) in [7, 11) is 0. The first-order chi connectivity index (χ1) is 9.86. The molecule has 1 N–H and O–H groups in total. The summed E-state index contributed by atoms with van der Waals surface area (Å²) in [5.41, 5.74) is 4.45. The maximum atomic E-state index is 4.11. The fourth-order valence-corrected chi connectivity index (χ4v) is 3.32. The van der Waals surface area contributed by atoms with Gasteiger partial charge in [-0.05, 0) is 60.5 Å². The average molecular weight is 266 g/mol. The summed E-state index contributed by atoms with van der Waals surface area (Å²) in [5.74, 6) is 0.709. The van der Waals surface area contributed by atoms with E-state index in [4.69, 9.17) is 0 Å². The second-order valence-electron chi connectivity index (χ2n) is 5.66. The van der Waals surface area contributed by atoms with Crippen LogP contribution in [0.15, 0.2) is 48.8 Å². The molecule has 0 aliphatic heterocycles. The van der Waals surface area contributed by atoms with Crippen LogP contribution in [0.3, 0.4) is 0 Å². The second kappa shape index (κ2) is 6.19. The number of likely N-dealkylation sites (N-methyl/N-ethyl adjacent to an activating group) is 1. The molecule has 0 radical (unpaired) electrons. The number of fused-ring (bicyclic) bond motifs is 1. The number of pyridine rings is 1. The zero-order valence-corrected chi connectivity index (χ0v) is 12.0. The Morgan fingerprint density at radius 1 is 1.10 bits per heavy atom. The SMILES string of the molecule is CCNC(Cc1ccncc1)C1Cc2ccccc2C1. The van der Waals surface area contributed by atoms with E-state index in [0.717, 1.165) is 13.0 Å². The maximum Gasteiger partial charge on any atom is 0.0270 e. The molecule has 1 heterocycles. The summed E-state index contributed by atoms with van der Waals surface area (Å²) in [6.07, 6.45) is 7.29. The van der Waals surface area contributed by atoms with Gasteiger partial charge in [0.1, 0.15) is 0 Å². The molecule has 1 aromatic carbocycles. The standard InChI is InChI=1S/C18H22N2/c1-2-20-18(11-14-7-9-19-10-8-14)17-12-15-5-3-4-6-16(15)13-17/h3-10,17-18,20H,2,11-13H2,1H3. The highest BCUT2D eigenvalue weighted by Gasteiger charge is 2.27. The number of hydrogen-bond donors (Lipinski definition) is 1. The normalized spacial score (nSPS) is 16.1. The van der Waals surface area contributed by atoms with Crippen LogP contribution >= 0.6 is 0 Å². The molecule has 0 amide bonds. The molecule has 104 valence electrons. The third kappa shape index (κ3) is 2.91. The second-order valence-corrected chi connectivity index (χ2v) is 5.66. The van der Waals surface area contributed by atoms with E-state index in [1.807, 2.05) is 12.4 Å². The monoisotopic (exact) mass is 266 g/mol. The van der Waals surface area contributed by atoms with Gasteiger partial charge in [0.2, 0.25) is 0 Å². The van der Waals surface area contributed by atoms with Crippen LogP contribution in [0.25, 0.3) is 0 Å². The summed E-state index contributed by atoms with van der Waals surface area (Å²) in [5, 5.41) is 3.69. The number of rotatable bonds is 5. The average Bonchev–Trinajstić information content (AvgIpc) is 2.92.